The van der Waals surface area contributed by atoms with Gasteiger partial charge in [0.25, 0.3) is 9.03 Å². The summed E-state index contributed by atoms with van der Waals surface area (Å²) >= 11 is 4.41. The number of benzene rings is 3. The van der Waals surface area contributed by atoms with Crippen LogP contribution in [0.4, 0.5) is 0 Å². The molecule has 0 aliphatic heterocycles. The van der Waals surface area contributed by atoms with E-state index >= 15 is 0 Å². The van der Waals surface area contributed by atoms with Crippen molar-refractivity contribution in [1.29, 1.82) is 0 Å². The first kappa shape index (κ1) is 20.0. The van der Waals surface area contributed by atoms with Crippen molar-refractivity contribution in [3.63, 3.8) is 0 Å². The zero-order valence-corrected chi connectivity index (χ0v) is 17.7. The Hall–Kier alpha value is -1.77. The lowest BCUT2D eigenvalue weighted by Gasteiger charge is -2.16. The molecule has 27 heavy (non-hydrogen) atoms. The molecule has 2 unspecified atom stereocenters. The van der Waals surface area contributed by atoms with Crippen LogP contribution in [0.1, 0.15) is 11.1 Å². The topological polar surface area (TPSA) is 47.9 Å². The molecule has 0 saturated heterocycles. The Kier molecular flexibility index (Phi) is 6.98. The average Bonchev–Trinajstić information content (AvgIpc) is 2.65. The first-order valence-electron chi connectivity index (χ1n) is 8.20. The molecule has 3 aromatic rings. The maximum absolute atomic E-state index is 10.1. The molecule has 0 radical (unpaired) electrons. The molecule has 0 saturated carbocycles. The van der Waals surface area contributed by atoms with Gasteiger partial charge in [0.05, 0.1) is 6.61 Å². The third-order valence-electron chi connectivity index (χ3n) is 3.95. The van der Waals surface area contributed by atoms with Crippen molar-refractivity contribution in [3.05, 3.63) is 71.8 Å². The van der Waals surface area contributed by atoms with Crippen LogP contribution in [0, 0.1) is 6.92 Å². The van der Waals surface area contributed by atoms with E-state index in [9.17, 15) is 5.11 Å². The fraction of sp³-hybridized carbons (Fsp3) is 0.100. The molecule has 7 heteroatoms. The van der Waals surface area contributed by atoms with E-state index in [1.807, 2.05) is 55.5 Å². The van der Waals surface area contributed by atoms with Crippen LogP contribution in [0.2, 0.25) is 0 Å². The molecule has 4 nitrogen and oxygen atoms in total. The van der Waals surface area contributed by atoms with Crippen molar-refractivity contribution in [2.45, 2.75) is 18.4 Å². The van der Waals surface area contributed by atoms with Crippen LogP contribution in [0.3, 0.4) is 0 Å². The van der Waals surface area contributed by atoms with Crippen LogP contribution < -0.4 is 9.05 Å². The zero-order valence-electron chi connectivity index (χ0n) is 14.7. The highest BCUT2D eigenvalue weighted by molar-refractivity contribution is 7.80. The van der Waals surface area contributed by atoms with E-state index in [-0.39, 0.29) is 14.8 Å². The van der Waals surface area contributed by atoms with E-state index in [2.05, 4.69) is 22.1 Å². The summed E-state index contributed by atoms with van der Waals surface area (Å²) in [5.74, 6) is 1.58. The number of para-hydroxylation sites is 2. The number of hydrogen-bond donors (Lipinski definition) is 2. The van der Waals surface area contributed by atoms with E-state index in [1.165, 1.54) is 0 Å². The molecule has 0 aromatic heterocycles. The summed E-state index contributed by atoms with van der Waals surface area (Å²) in [5.41, 5.74) is 3.39. The molecule has 3 rings (SSSR count). The van der Waals surface area contributed by atoms with Crippen LogP contribution in [-0.4, -0.2) is 5.11 Å². The summed E-state index contributed by atoms with van der Waals surface area (Å²) in [5, 5.41) is 10.1. The Balaban J connectivity index is 1.79. The van der Waals surface area contributed by atoms with Gasteiger partial charge in [0.15, 0.2) is 0 Å². The van der Waals surface area contributed by atoms with Gasteiger partial charge in [0.2, 0.25) is 0 Å². The molecule has 140 valence electrons. The zero-order chi connectivity index (χ0) is 19.2. The minimum absolute atomic E-state index is 0.206. The van der Waals surface area contributed by atoms with Gasteiger partial charge in [0.1, 0.15) is 17.2 Å². The molecule has 0 heterocycles. The lowest BCUT2D eigenvalue weighted by atomic mass is 10.0. The summed E-state index contributed by atoms with van der Waals surface area (Å²) in [7, 11) is 1.99. The molecular formula is C20H20O4P2S. The van der Waals surface area contributed by atoms with Crippen LogP contribution in [0.25, 0.3) is 11.1 Å². The van der Waals surface area contributed by atoms with Crippen LogP contribution in [0.15, 0.2) is 65.6 Å². The molecular weight excluding hydrogens is 398 g/mol. The normalized spacial score (nSPS) is 11.1. The van der Waals surface area contributed by atoms with E-state index in [0.717, 1.165) is 27.3 Å². The van der Waals surface area contributed by atoms with E-state index in [4.69, 9.17) is 13.6 Å². The van der Waals surface area contributed by atoms with E-state index in [1.54, 1.807) is 12.1 Å². The predicted octanol–water partition coefficient (Wildman–Crippen LogP) is 5.93. The van der Waals surface area contributed by atoms with Gasteiger partial charge in [-0.1, -0.05) is 36.4 Å². The molecule has 1 N–H and O–H groups in total. The van der Waals surface area contributed by atoms with Crippen molar-refractivity contribution in [1.82, 2.24) is 0 Å². The van der Waals surface area contributed by atoms with E-state index in [0.29, 0.717) is 17.9 Å². The van der Waals surface area contributed by atoms with Crippen LogP contribution >= 0.6 is 31.1 Å². The second-order valence-electron chi connectivity index (χ2n) is 5.86. The Bertz CT molecular complexity index is 934. The lowest BCUT2D eigenvalue weighted by Crippen LogP contribution is -1.95. The minimum atomic E-state index is -0.250. The van der Waals surface area contributed by atoms with Gasteiger partial charge in [-0.15, -0.1) is 12.6 Å². The molecule has 2 atom stereocenters. The van der Waals surface area contributed by atoms with Crippen LogP contribution in [0.5, 0.6) is 17.2 Å². The van der Waals surface area contributed by atoms with Crippen molar-refractivity contribution in [2.75, 3.05) is 0 Å². The average molecular weight is 418 g/mol. The quantitative estimate of drug-likeness (QED) is 0.369. The lowest BCUT2D eigenvalue weighted by molar-refractivity contribution is 0.355. The second-order valence-corrected chi connectivity index (χ2v) is 7.29. The summed E-state index contributed by atoms with van der Waals surface area (Å²) in [4.78, 5) is 0.853. The Morgan fingerprint density at radius 2 is 1.70 bits per heavy atom. The highest BCUT2D eigenvalue weighted by atomic mass is 32.1. The monoisotopic (exact) mass is 418 g/mol. The van der Waals surface area contributed by atoms with Gasteiger partial charge in [-0.25, -0.2) is 0 Å². The minimum Gasteiger partial charge on any atom is -0.507 e. The first-order chi connectivity index (χ1) is 13.1. The molecule has 3 aromatic carbocycles. The number of aryl methyl sites for hydroxylation is 1. The Morgan fingerprint density at radius 3 is 2.44 bits per heavy atom. The maximum Gasteiger partial charge on any atom is 0.275 e. The molecule has 0 fully saturated rings. The largest absolute Gasteiger partial charge is 0.507 e. The number of rotatable bonds is 7. The molecule has 0 amide bonds. The van der Waals surface area contributed by atoms with Crippen molar-refractivity contribution in [2.24, 2.45) is 0 Å². The fourth-order valence-corrected chi connectivity index (χ4v) is 3.97. The van der Waals surface area contributed by atoms with Gasteiger partial charge in [-0.05, 0) is 36.8 Å². The van der Waals surface area contributed by atoms with Crippen molar-refractivity contribution >= 4 is 31.1 Å². The highest BCUT2D eigenvalue weighted by Crippen LogP contribution is 2.39. The smallest absolute Gasteiger partial charge is 0.275 e. The fourth-order valence-electron chi connectivity index (χ4n) is 2.76. The number of hydrogen-bond acceptors (Lipinski definition) is 5. The van der Waals surface area contributed by atoms with Gasteiger partial charge < -0.3 is 18.7 Å². The summed E-state index contributed by atoms with van der Waals surface area (Å²) in [6.45, 7) is 2.36. The Morgan fingerprint density at radius 1 is 1.00 bits per heavy atom. The summed E-state index contributed by atoms with van der Waals surface area (Å²) in [6.07, 6.45) is 0. The highest BCUT2D eigenvalue weighted by Gasteiger charge is 2.12. The van der Waals surface area contributed by atoms with Gasteiger partial charge >= 0.3 is 0 Å². The second kappa shape index (κ2) is 9.43. The summed E-state index contributed by atoms with van der Waals surface area (Å²) in [6, 6.07) is 18.6. The third-order valence-corrected chi connectivity index (χ3v) is 4.97. The maximum atomic E-state index is 10.1. The van der Waals surface area contributed by atoms with Crippen LogP contribution in [-0.2, 0) is 11.1 Å². The number of phenolic OH excluding ortho intramolecular Hbond substituents is 1. The van der Waals surface area contributed by atoms with Gasteiger partial charge in [-0.2, -0.15) is 0 Å². The third kappa shape index (κ3) is 4.94. The molecule has 0 bridgehead atoms. The summed E-state index contributed by atoms with van der Waals surface area (Å²) < 4.78 is 17.0. The SMILES string of the molecule is Cc1cc(S)cc(COP)c1OPOc1ccccc1-c1ccccc1O. The van der Waals surface area contributed by atoms with Crippen molar-refractivity contribution < 1.29 is 18.7 Å². The number of thiol groups is 1. The van der Waals surface area contributed by atoms with E-state index < -0.39 is 0 Å². The molecule has 0 aliphatic rings. The Labute approximate surface area is 168 Å². The standard InChI is InChI=1S/C20H20O4P2S/c1-13-10-15(27)11-14(12-22-25)20(13)24-26-23-19-9-5-3-7-17(19)16-6-2-4-8-18(16)21/h2-11,21,26-27H,12,25H2,1H3. The van der Waals surface area contributed by atoms with Gasteiger partial charge in [-0.3, -0.25) is 0 Å². The first-order valence-corrected chi connectivity index (χ1v) is 9.94. The predicted molar refractivity (Wildman–Crippen MR) is 116 cm³/mol. The molecule has 0 spiro atoms. The van der Waals surface area contributed by atoms with Gasteiger partial charge in [0, 0.05) is 31.1 Å². The number of aromatic hydroxyl groups is 1. The molecule has 0 aliphatic carbocycles. The van der Waals surface area contributed by atoms with Crippen molar-refractivity contribution in [3.8, 4) is 28.4 Å². The number of phenols is 1.